The minimum Gasteiger partial charge on any atom is -0.496 e. The summed E-state index contributed by atoms with van der Waals surface area (Å²) in [4.78, 5) is 9.41. The largest absolute Gasteiger partial charge is 0.496 e. The average molecular weight is 363 g/mol. The van der Waals surface area contributed by atoms with Crippen molar-refractivity contribution >= 4 is 0 Å². The van der Waals surface area contributed by atoms with Crippen LogP contribution in [0.5, 0.6) is 5.75 Å². The summed E-state index contributed by atoms with van der Waals surface area (Å²) in [6, 6.07) is 10.4. The smallest absolute Gasteiger partial charge is 0.141 e. The lowest BCUT2D eigenvalue weighted by molar-refractivity contribution is 0.0666. The van der Waals surface area contributed by atoms with Crippen molar-refractivity contribution in [3.8, 4) is 28.4 Å². The van der Waals surface area contributed by atoms with Crippen molar-refractivity contribution in [1.29, 1.82) is 0 Å². The molecule has 3 aromatic rings. The van der Waals surface area contributed by atoms with E-state index >= 15 is 0 Å². The summed E-state index contributed by atoms with van der Waals surface area (Å²) >= 11 is 0. The molecule has 1 aliphatic heterocycles. The molecule has 0 unspecified atom stereocenters. The highest BCUT2D eigenvalue weighted by atomic mass is 16.5. The molecule has 1 atom stereocenters. The van der Waals surface area contributed by atoms with Crippen LogP contribution in [0.3, 0.4) is 0 Å². The summed E-state index contributed by atoms with van der Waals surface area (Å²) in [5.74, 6) is 1.84. The zero-order valence-electron chi connectivity index (χ0n) is 16.3. The van der Waals surface area contributed by atoms with Gasteiger partial charge in [-0.15, -0.1) is 0 Å². The van der Waals surface area contributed by atoms with E-state index in [-0.39, 0.29) is 6.10 Å². The summed E-state index contributed by atoms with van der Waals surface area (Å²) in [5.41, 5.74) is 6.51. The zero-order chi connectivity index (χ0) is 19.0. The molecule has 0 saturated heterocycles. The molecule has 5 heteroatoms. The molecule has 0 N–H and O–H groups in total. The van der Waals surface area contributed by atoms with Gasteiger partial charge in [-0.05, 0) is 44.5 Å². The van der Waals surface area contributed by atoms with E-state index in [0.717, 1.165) is 52.6 Å². The third-order valence-electron chi connectivity index (χ3n) is 5.09. The lowest BCUT2D eigenvalue weighted by atomic mass is 10.1. The number of nitrogens with zero attached hydrogens (tertiary/aromatic N) is 3. The van der Waals surface area contributed by atoms with E-state index in [9.17, 15) is 0 Å². The Balaban J connectivity index is 1.92. The Morgan fingerprint density at radius 2 is 2.00 bits per heavy atom. The fourth-order valence-electron chi connectivity index (χ4n) is 3.71. The van der Waals surface area contributed by atoms with Crippen LogP contribution >= 0.6 is 0 Å². The molecule has 0 aliphatic carbocycles. The second kappa shape index (κ2) is 7.16. The van der Waals surface area contributed by atoms with Crippen molar-refractivity contribution in [2.75, 3.05) is 13.7 Å². The van der Waals surface area contributed by atoms with Crippen molar-refractivity contribution in [2.24, 2.45) is 0 Å². The third-order valence-corrected chi connectivity index (χ3v) is 5.09. The van der Waals surface area contributed by atoms with Gasteiger partial charge in [0.15, 0.2) is 0 Å². The number of hydrogen-bond donors (Lipinski definition) is 0. The van der Waals surface area contributed by atoms with Gasteiger partial charge in [0, 0.05) is 35.1 Å². The minimum atomic E-state index is 0.151. The zero-order valence-corrected chi connectivity index (χ0v) is 16.3. The molecular weight excluding hydrogens is 338 g/mol. The van der Waals surface area contributed by atoms with Crippen LogP contribution in [-0.4, -0.2) is 34.4 Å². The first-order valence-electron chi connectivity index (χ1n) is 9.36. The monoisotopic (exact) mass is 363 g/mol. The molecule has 27 heavy (non-hydrogen) atoms. The SMILES string of the molecule is COc1cc(-c2nc(-c3ccnc(C)c3)c3n2C[C@@H](C)OCC3)ccc1C. The first-order valence-corrected chi connectivity index (χ1v) is 9.36. The number of methoxy groups -OCH3 is 1. The van der Waals surface area contributed by atoms with E-state index < -0.39 is 0 Å². The molecule has 4 rings (SSSR count). The third kappa shape index (κ3) is 3.35. The highest BCUT2D eigenvalue weighted by Crippen LogP contribution is 2.33. The predicted molar refractivity (Wildman–Crippen MR) is 106 cm³/mol. The second-order valence-electron chi connectivity index (χ2n) is 7.14. The number of benzene rings is 1. The number of aryl methyl sites for hydroxylation is 2. The van der Waals surface area contributed by atoms with E-state index in [1.54, 1.807) is 7.11 Å². The van der Waals surface area contributed by atoms with Gasteiger partial charge in [0.25, 0.3) is 0 Å². The molecule has 0 fully saturated rings. The van der Waals surface area contributed by atoms with E-state index in [1.165, 1.54) is 5.69 Å². The van der Waals surface area contributed by atoms with Crippen LogP contribution in [0.4, 0.5) is 0 Å². The van der Waals surface area contributed by atoms with Crippen molar-refractivity contribution in [1.82, 2.24) is 14.5 Å². The Morgan fingerprint density at radius 1 is 1.15 bits per heavy atom. The van der Waals surface area contributed by atoms with E-state index in [2.05, 4.69) is 47.7 Å². The van der Waals surface area contributed by atoms with Crippen LogP contribution in [0, 0.1) is 13.8 Å². The van der Waals surface area contributed by atoms with Crippen LogP contribution in [0.1, 0.15) is 23.9 Å². The first-order chi connectivity index (χ1) is 13.1. The fourth-order valence-corrected chi connectivity index (χ4v) is 3.71. The van der Waals surface area contributed by atoms with Gasteiger partial charge in [0.1, 0.15) is 11.6 Å². The number of aromatic nitrogens is 3. The van der Waals surface area contributed by atoms with Crippen LogP contribution in [-0.2, 0) is 17.7 Å². The van der Waals surface area contributed by atoms with Gasteiger partial charge in [-0.2, -0.15) is 0 Å². The fraction of sp³-hybridized carbons (Fsp3) is 0.364. The quantitative estimate of drug-likeness (QED) is 0.700. The van der Waals surface area contributed by atoms with Crippen LogP contribution in [0.15, 0.2) is 36.5 Å². The standard InChI is InChI=1S/C22H25N3O2/c1-14-5-6-18(12-20(14)26-4)22-24-21(17-7-9-23-15(2)11-17)19-8-10-27-16(3)13-25(19)22/h5-7,9,11-12,16H,8,10,13H2,1-4H3/t16-/m1/s1. The maximum atomic E-state index is 5.93. The van der Waals surface area contributed by atoms with Crippen LogP contribution < -0.4 is 4.74 Å². The molecule has 5 nitrogen and oxygen atoms in total. The molecule has 0 amide bonds. The number of fused-ring (bicyclic) bond motifs is 1. The predicted octanol–water partition coefficient (Wildman–Crippen LogP) is 4.20. The highest BCUT2D eigenvalue weighted by molar-refractivity contribution is 5.69. The lowest BCUT2D eigenvalue weighted by Gasteiger charge is -2.14. The molecule has 0 spiro atoms. The molecule has 140 valence electrons. The summed E-state index contributed by atoms with van der Waals surface area (Å²) < 4.78 is 13.8. The molecule has 2 aromatic heterocycles. The van der Waals surface area contributed by atoms with Gasteiger partial charge in [-0.25, -0.2) is 4.98 Å². The van der Waals surface area contributed by atoms with Crippen molar-refractivity contribution in [3.63, 3.8) is 0 Å². The van der Waals surface area contributed by atoms with Crippen molar-refractivity contribution in [3.05, 3.63) is 53.5 Å². The van der Waals surface area contributed by atoms with Crippen LogP contribution in [0.2, 0.25) is 0 Å². The topological polar surface area (TPSA) is 49.2 Å². The van der Waals surface area contributed by atoms with Gasteiger partial charge in [-0.3, -0.25) is 4.98 Å². The minimum absolute atomic E-state index is 0.151. The van der Waals surface area contributed by atoms with Gasteiger partial charge in [0.2, 0.25) is 0 Å². The van der Waals surface area contributed by atoms with Gasteiger partial charge in [-0.1, -0.05) is 12.1 Å². The highest BCUT2D eigenvalue weighted by Gasteiger charge is 2.24. The number of imidazole rings is 1. The number of hydrogen-bond acceptors (Lipinski definition) is 4. The molecule has 0 radical (unpaired) electrons. The van der Waals surface area contributed by atoms with E-state index in [1.807, 2.05) is 19.2 Å². The Labute approximate surface area is 160 Å². The Kier molecular flexibility index (Phi) is 4.70. The maximum Gasteiger partial charge on any atom is 0.141 e. The Morgan fingerprint density at radius 3 is 2.78 bits per heavy atom. The van der Waals surface area contributed by atoms with Crippen molar-refractivity contribution < 1.29 is 9.47 Å². The normalized spacial score (nSPS) is 16.7. The first kappa shape index (κ1) is 17.7. The molecule has 0 bridgehead atoms. The summed E-state index contributed by atoms with van der Waals surface area (Å²) in [7, 11) is 1.71. The Hall–Kier alpha value is -2.66. The average Bonchev–Trinajstić information content (AvgIpc) is 2.89. The van der Waals surface area contributed by atoms with Gasteiger partial charge >= 0.3 is 0 Å². The van der Waals surface area contributed by atoms with Crippen LogP contribution in [0.25, 0.3) is 22.6 Å². The summed E-state index contributed by atoms with van der Waals surface area (Å²) in [5, 5.41) is 0. The molecular formula is C22H25N3O2. The Bertz CT molecular complexity index is 978. The number of pyridine rings is 1. The number of ether oxygens (including phenoxy) is 2. The van der Waals surface area contributed by atoms with Gasteiger partial charge in [0.05, 0.1) is 32.1 Å². The summed E-state index contributed by atoms with van der Waals surface area (Å²) in [6.07, 6.45) is 2.84. The summed E-state index contributed by atoms with van der Waals surface area (Å²) in [6.45, 7) is 7.67. The van der Waals surface area contributed by atoms with E-state index in [0.29, 0.717) is 6.61 Å². The number of rotatable bonds is 3. The lowest BCUT2D eigenvalue weighted by Crippen LogP contribution is -2.15. The molecule has 0 saturated carbocycles. The maximum absolute atomic E-state index is 5.93. The second-order valence-corrected chi connectivity index (χ2v) is 7.14. The molecule has 3 heterocycles. The molecule has 1 aromatic carbocycles. The van der Waals surface area contributed by atoms with Crippen molar-refractivity contribution in [2.45, 2.75) is 39.8 Å². The van der Waals surface area contributed by atoms with Gasteiger partial charge < -0.3 is 14.0 Å². The van der Waals surface area contributed by atoms with E-state index in [4.69, 9.17) is 14.5 Å². The molecule has 1 aliphatic rings.